The first-order chi connectivity index (χ1) is 15.8. The Labute approximate surface area is 203 Å². The molecule has 0 bridgehead atoms. The summed E-state index contributed by atoms with van der Waals surface area (Å²) in [6.45, 7) is 3.99. The summed E-state index contributed by atoms with van der Waals surface area (Å²) in [5.41, 5.74) is 21.5. The van der Waals surface area contributed by atoms with Gasteiger partial charge in [0, 0.05) is 12.3 Å². The standard InChI is InChI=1S/C19H36N8O6S/c1-9(2)6-10(20)15(29)25-11(4-3-5-24-19(22)23)16(30)27-13(8-34)17(31)26-12(18(32)33)7-14(21)28/h9-13,34H,3-8,20H2,1-2H3,(H2,21,28)(H,25,29)(H,26,31)(H,27,30)(H,32,33)(H4,22,23,24). The molecule has 14 nitrogen and oxygen atoms in total. The normalized spacial score (nSPS) is 14.3. The zero-order chi connectivity index (χ0) is 26.4. The minimum Gasteiger partial charge on any atom is -0.480 e. The zero-order valence-corrected chi connectivity index (χ0v) is 20.2. The fraction of sp³-hybridized carbons (Fsp3) is 0.684. The molecule has 12 N–H and O–H groups in total. The Morgan fingerprint density at radius 1 is 0.912 bits per heavy atom. The van der Waals surface area contributed by atoms with Crippen molar-refractivity contribution in [1.82, 2.24) is 16.0 Å². The van der Waals surface area contributed by atoms with Crippen molar-refractivity contribution < 1.29 is 29.1 Å². The first-order valence-corrected chi connectivity index (χ1v) is 11.3. The van der Waals surface area contributed by atoms with E-state index in [0.29, 0.717) is 12.8 Å². The molecule has 0 aliphatic rings. The van der Waals surface area contributed by atoms with Gasteiger partial charge in [0.15, 0.2) is 5.96 Å². The molecule has 0 aliphatic heterocycles. The van der Waals surface area contributed by atoms with Gasteiger partial charge in [-0.25, -0.2) is 4.79 Å². The molecule has 34 heavy (non-hydrogen) atoms. The number of guanidine groups is 1. The highest BCUT2D eigenvalue weighted by Gasteiger charge is 2.30. The van der Waals surface area contributed by atoms with Crippen LogP contribution < -0.4 is 38.9 Å². The monoisotopic (exact) mass is 504 g/mol. The lowest BCUT2D eigenvalue weighted by molar-refractivity contribution is -0.143. The van der Waals surface area contributed by atoms with Crippen LogP contribution >= 0.6 is 12.6 Å². The van der Waals surface area contributed by atoms with E-state index in [1.807, 2.05) is 13.8 Å². The van der Waals surface area contributed by atoms with Crippen molar-refractivity contribution in [3.63, 3.8) is 0 Å². The smallest absolute Gasteiger partial charge is 0.326 e. The predicted molar refractivity (Wildman–Crippen MR) is 128 cm³/mol. The van der Waals surface area contributed by atoms with Crippen LogP contribution in [0.1, 0.15) is 39.5 Å². The molecule has 0 aliphatic carbocycles. The molecule has 4 amide bonds. The minimum absolute atomic E-state index is 0.125. The summed E-state index contributed by atoms with van der Waals surface area (Å²) in [4.78, 5) is 63.9. The molecular weight excluding hydrogens is 468 g/mol. The molecule has 0 aromatic carbocycles. The number of hydrogen-bond donors (Lipinski definition) is 9. The molecule has 0 heterocycles. The van der Waals surface area contributed by atoms with Crippen LogP contribution in [0, 0.1) is 5.92 Å². The van der Waals surface area contributed by atoms with Crippen molar-refractivity contribution in [2.75, 3.05) is 12.3 Å². The Hall–Kier alpha value is -3.07. The maximum absolute atomic E-state index is 12.9. The molecule has 0 aromatic heterocycles. The van der Waals surface area contributed by atoms with Gasteiger partial charge >= 0.3 is 5.97 Å². The fourth-order valence-corrected chi connectivity index (χ4v) is 3.06. The number of rotatable bonds is 16. The minimum atomic E-state index is -1.58. The van der Waals surface area contributed by atoms with Gasteiger partial charge in [-0.2, -0.15) is 12.6 Å². The molecule has 0 rings (SSSR count). The van der Waals surface area contributed by atoms with Crippen molar-refractivity contribution in [2.45, 2.75) is 63.7 Å². The Morgan fingerprint density at radius 3 is 1.91 bits per heavy atom. The molecule has 0 saturated heterocycles. The van der Waals surface area contributed by atoms with Crippen LogP contribution in [-0.2, 0) is 24.0 Å². The number of carbonyl (C=O) groups excluding carboxylic acids is 4. The van der Waals surface area contributed by atoms with E-state index in [1.54, 1.807) is 0 Å². The molecule has 0 radical (unpaired) electrons. The molecule has 0 spiro atoms. The number of nitrogens with one attached hydrogen (secondary N) is 3. The number of nitrogens with zero attached hydrogens (tertiary/aromatic N) is 1. The van der Waals surface area contributed by atoms with Gasteiger partial charge in [0.05, 0.1) is 12.5 Å². The Morgan fingerprint density at radius 2 is 1.44 bits per heavy atom. The van der Waals surface area contributed by atoms with Crippen LogP contribution in [0.5, 0.6) is 0 Å². The Balaban J connectivity index is 5.37. The molecule has 194 valence electrons. The van der Waals surface area contributed by atoms with Crippen LogP contribution in [0.3, 0.4) is 0 Å². The molecular formula is C19H36N8O6S. The van der Waals surface area contributed by atoms with E-state index in [0.717, 1.165) is 0 Å². The number of carbonyl (C=O) groups is 5. The van der Waals surface area contributed by atoms with Crippen LogP contribution in [-0.4, -0.2) is 77.1 Å². The fourth-order valence-electron chi connectivity index (χ4n) is 2.81. The first-order valence-electron chi connectivity index (χ1n) is 10.6. The topological polar surface area (TPSA) is 258 Å². The number of nitrogens with two attached hydrogens (primary N) is 4. The molecule has 4 unspecified atom stereocenters. The first kappa shape index (κ1) is 30.9. The SMILES string of the molecule is CC(C)CC(N)C(=O)NC(CCCN=C(N)N)C(=O)NC(CS)C(=O)NC(CC(N)=O)C(=O)O. The summed E-state index contributed by atoms with van der Waals surface area (Å²) >= 11 is 4.02. The second kappa shape index (κ2) is 15.7. The number of carboxylic acids is 1. The van der Waals surface area contributed by atoms with Crippen molar-refractivity contribution in [1.29, 1.82) is 0 Å². The van der Waals surface area contributed by atoms with Gasteiger partial charge in [0.1, 0.15) is 18.1 Å². The summed E-state index contributed by atoms with van der Waals surface area (Å²) in [7, 11) is 0. The maximum atomic E-state index is 12.9. The van der Waals surface area contributed by atoms with Gasteiger partial charge < -0.3 is 44.0 Å². The summed E-state index contributed by atoms with van der Waals surface area (Å²) in [5, 5.41) is 16.3. The van der Waals surface area contributed by atoms with E-state index in [9.17, 15) is 24.0 Å². The number of aliphatic imine (C=N–C) groups is 1. The van der Waals surface area contributed by atoms with Gasteiger partial charge in [0.2, 0.25) is 23.6 Å². The summed E-state index contributed by atoms with van der Waals surface area (Å²) in [6, 6.07) is -4.75. The van der Waals surface area contributed by atoms with Crippen LogP contribution in [0.2, 0.25) is 0 Å². The number of thiol groups is 1. The summed E-state index contributed by atoms with van der Waals surface area (Å²) in [5.74, 6) is -4.72. The highest BCUT2D eigenvalue weighted by molar-refractivity contribution is 7.80. The molecule has 4 atom stereocenters. The summed E-state index contributed by atoms with van der Waals surface area (Å²) in [6.07, 6.45) is 0.216. The van der Waals surface area contributed by atoms with Crippen molar-refractivity contribution in [2.24, 2.45) is 33.8 Å². The number of aliphatic carboxylic acids is 1. The lowest BCUT2D eigenvalue weighted by atomic mass is 10.0. The summed E-state index contributed by atoms with van der Waals surface area (Å²) < 4.78 is 0. The van der Waals surface area contributed by atoms with Crippen molar-refractivity contribution in [3.05, 3.63) is 0 Å². The molecule has 0 aromatic rings. The van der Waals surface area contributed by atoms with Crippen molar-refractivity contribution in [3.8, 4) is 0 Å². The van der Waals surface area contributed by atoms with Gasteiger partial charge in [-0.3, -0.25) is 24.2 Å². The highest BCUT2D eigenvalue weighted by atomic mass is 32.1. The molecule has 0 fully saturated rings. The third kappa shape index (κ3) is 12.8. The highest BCUT2D eigenvalue weighted by Crippen LogP contribution is 2.06. The Kier molecular flexibility index (Phi) is 14.3. The second-order valence-electron chi connectivity index (χ2n) is 8.06. The lowest BCUT2D eigenvalue weighted by Crippen LogP contribution is -2.58. The van der Waals surface area contributed by atoms with Gasteiger partial charge in [-0.1, -0.05) is 13.8 Å². The Bertz CT molecular complexity index is 759. The number of carboxylic acid groups (broad SMARTS) is 1. The third-order valence-corrected chi connectivity index (χ3v) is 4.84. The number of primary amides is 1. The van der Waals surface area contributed by atoms with E-state index >= 15 is 0 Å². The van der Waals surface area contributed by atoms with Gasteiger partial charge in [-0.15, -0.1) is 0 Å². The average Bonchev–Trinajstić information content (AvgIpc) is 2.71. The van der Waals surface area contributed by atoms with Gasteiger partial charge in [0.25, 0.3) is 0 Å². The molecule has 0 saturated carbocycles. The van der Waals surface area contributed by atoms with E-state index in [-0.39, 0.29) is 30.6 Å². The largest absolute Gasteiger partial charge is 0.480 e. The maximum Gasteiger partial charge on any atom is 0.326 e. The van der Waals surface area contributed by atoms with E-state index < -0.39 is 60.2 Å². The number of amides is 4. The predicted octanol–water partition coefficient (Wildman–Crippen LogP) is -3.24. The molecule has 15 heteroatoms. The lowest BCUT2D eigenvalue weighted by Gasteiger charge is -2.24. The van der Waals surface area contributed by atoms with Crippen LogP contribution in [0.4, 0.5) is 0 Å². The average molecular weight is 505 g/mol. The number of hydrogen-bond acceptors (Lipinski definition) is 8. The van der Waals surface area contributed by atoms with Crippen LogP contribution in [0.25, 0.3) is 0 Å². The van der Waals surface area contributed by atoms with E-state index in [4.69, 9.17) is 28.0 Å². The second-order valence-corrected chi connectivity index (χ2v) is 8.42. The van der Waals surface area contributed by atoms with Crippen molar-refractivity contribution >= 4 is 48.2 Å². The van der Waals surface area contributed by atoms with Crippen LogP contribution in [0.15, 0.2) is 4.99 Å². The quantitative estimate of drug-likeness (QED) is 0.0442. The van der Waals surface area contributed by atoms with E-state index in [2.05, 4.69) is 33.6 Å². The van der Waals surface area contributed by atoms with E-state index in [1.165, 1.54) is 0 Å². The van der Waals surface area contributed by atoms with Gasteiger partial charge in [-0.05, 0) is 25.2 Å². The zero-order valence-electron chi connectivity index (χ0n) is 19.3. The third-order valence-electron chi connectivity index (χ3n) is 4.48.